The Morgan fingerprint density at radius 3 is 2.78 bits per heavy atom. The van der Waals surface area contributed by atoms with E-state index in [0.717, 1.165) is 31.5 Å². The van der Waals surface area contributed by atoms with Crippen molar-refractivity contribution in [2.24, 2.45) is 0 Å². The van der Waals surface area contributed by atoms with Gasteiger partial charge in [-0.25, -0.2) is 4.98 Å². The Balaban J connectivity index is 1.37. The zero-order chi connectivity index (χ0) is 25.9. The number of carbonyl (C=O) groups is 1. The standard InChI is InChI=1S/C25H31ClF2N4O4/c1-4-9-25(27,28)16-12-17(26)22(29-14-16)32-10-8-18(32)23(33)30-20-13-19(31-36-20)24(2,3)15-35-21-7-5-6-11-34-21/h4,9,12-14,18,21H,5-8,10-11,15H2,1-3H3,(H,30,33). The van der Waals surface area contributed by atoms with Gasteiger partial charge in [-0.1, -0.05) is 36.7 Å². The lowest BCUT2D eigenvalue weighted by Crippen LogP contribution is -2.55. The van der Waals surface area contributed by atoms with Crippen molar-refractivity contribution in [2.45, 2.75) is 70.1 Å². The molecule has 0 spiro atoms. The number of carbonyl (C=O) groups excluding carboxylic acids is 1. The van der Waals surface area contributed by atoms with E-state index in [1.165, 1.54) is 19.1 Å². The molecule has 2 aromatic heterocycles. The van der Waals surface area contributed by atoms with E-state index in [2.05, 4.69) is 15.5 Å². The number of amides is 1. The number of nitrogens with zero attached hydrogens (tertiary/aromatic N) is 3. The lowest BCUT2D eigenvalue weighted by Gasteiger charge is -2.40. The van der Waals surface area contributed by atoms with Crippen LogP contribution < -0.4 is 10.2 Å². The van der Waals surface area contributed by atoms with Crippen molar-refractivity contribution in [3.63, 3.8) is 0 Å². The Morgan fingerprint density at radius 1 is 1.33 bits per heavy atom. The van der Waals surface area contributed by atoms with Crippen LogP contribution in [0.2, 0.25) is 5.02 Å². The summed E-state index contributed by atoms with van der Waals surface area (Å²) in [5.41, 5.74) is -0.127. The van der Waals surface area contributed by atoms with E-state index in [1.54, 1.807) is 11.0 Å². The Morgan fingerprint density at radius 2 is 2.14 bits per heavy atom. The molecule has 2 aromatic rings. The normalized spacial score (nSPS) is 21.0. The van der Waals surface area contributed by atoms with Crippen LogP contribution in [0.1, 0.15) is 57.7 Å². The molecule has 2 fully saturated rings. The van der Waals surface area contributed by atoms with Crippen LogP contribution in [0.4, 0.5) is 20.5 Å². The molecule has 11 heteroatoms. The monoisotopic (exact) mass is 524 g/mol. The van der Waals surface area contributed by atoms with Gasteiger partial charge in [0.05, 0.1) is 17.3 Å². The fourth-order valence-electron chi connectivity index (χ4n) is 4.12. The summed E-state index contributed by atoms with van der Waals surface area (Å²) in [4.78, 5) is 18.7. The summed E-state index contributed by atoms with van der Waals surface area (Å²) in [5.74, 6) is -3.01. The Labute approximate surface area is 214 Å². The van der Waals surface area contributed by atoms with Crippen LogP contribution in [0.25, 0.3) is 0 Å². The zero-order valence-corrected chi connectivity index (χ0v) is 21.4. The maximum Gasteiger partial charge on any atom is 0.293 e. The zero-order valence-electron chi connectivity index (χ0n) is 20.6. The molecule has 196 valence electrons. The molecule has 0 aromatic carbocycles. The number of aromatic nitrogens is 2. The smallest absolute Gasteiger partial charge is 0.293 e. The van der Waals surface area contributed by atoms with Crippen molar-refractivity contribution in [1.29, 1.82) is 0 Å². The van der Waals surface area contributed by atoms with Crippen LogP contribution in [-0.4, -0.2) is 48.1 Å². The number of halogens is 3. The van der Waals surface area contributed by atoms with Crippen LogP contribution in [-0.2, 0) is 25.6 Å². The topological polar surface area (TPSA) is 89.7 Å². The molecule has 2 unspecified atom stereocenters. The maximum absolute atomic E-state index is 14.1. The van der Waals surface area contributed by atoms with Crippen LogP contribution in [0.15, 0.2) is 35.0 Å². The lowest BCUT2D eigenvalue weighted by atomic mass is 9.90. The number of pyridine rings is 1. The van der Waals surface area contributed by atoms with E-state index in [4.69, 9.17) is 25.6 Å². The molecule has 36 heavy (non-hydrogen) atoms. The highest BCUT2D eigenvalue weighted by Crippen LogP contribution is 2.36. The van der Waals surface area contributed by atoms with E-state index in [0.29, 0.717) is 31.9 Å². The number of rotatable bonds is 9. The summed E-state index contributed by atoms with van der Waals surface area (Å²) in [6.07, 6.45) is 6.48. The minimum atomic E-state index is -3.18. The second-order valence-electron chi connectivity index (χ2n) is 9.71. The van der Waals surface area contributed by atoms with Gasteiger partial charge in [0.25, 0.3) is 5.92 Å². The second kappa shape index (κ2) is 10.8. The predicted octanol–water partition coefficient (Wildman–Crippen LogP) is 5.43. The molecule has 0 saturated carbocycles. The van der Waals surface area contributed by atoms with Crippen LogP contribution in [0.3, 0.4) is 0 Å². The van der Waals surface area contributed by atoms with Crippen molar-refractivity contribution < 1.29 is 27.6 Å². The molecule has 0 bridgehead atoms. The third-order valence-electron chi connectivity index (χ3n) is 6.39. The molecular formula is C25H31ClF2N4O4. The molecule has 0 radical (unpaired) electrons. The first-order valence-corrected chi connectivity index (χ1v) is 12.4. The predicted molar refractivity (Wildman–Crippen MR) is 131 cm³/mol. The van der Waals surface area contributed by atoms with E-state index >= 15 is 0 Å². The third kappa shape index (κ3) is 5.87. The summed E-state index contributed by atoms with van der Waals surface area (Å²) < 4.78 is 45.2. The highest BCUT2D eigenvalue weighted by atomic mass is 35.5. The van der Waals surface area contributed by atoms with Gasteiger partial charge in [-0.05, 0) is 44.7 Å². The highest BCUT2D eigenvalue weighted by molar-refractivity contribution is 6.33. The summed E-state index contributed by atoms with van der Waals surface area (Å²) in [6, 6.07) is 2.29. The molecule has 0 aliphatic carbocycles. The van der Waals surface area contributed by atoms with E-state index < -0.39 is 17.4 Å². The molecule has 2 aliphatic heterocycles. The quantitative estimate of drug-likeness (QED) is 0.437. The van der Waals surface area contributed by atoms with Crippen molar-refractivity contribution in [3.8, 4) is 0 Å². The number of nitrogens with one attached hydrogen (secondary N) is 1. The van der Waals surface area contributed by atoms with Gasteiger partial charge >= 0.3 is 0 Å². The number of alkyl halides is 2. The first-order valence-electron chi connectivity index (χ1n) is 12.1. The Kier molecular flexibility index (Phi) is 7.96. The van der Waals surface area contributed by atoms with Gasteiger partial charge in [-0.3, -0.25) is 10.1 Å². The van der Waals surface area contributed by atoms with Gasteiger partial charge in [0, 0.05) is 36.4 Å². The minimum absolute atomic E-state index is 0.0554. The van der Waals surface area contributed by atoms with Crippen molar-refractivity contribution >= 4 is 29.2 Å². The average molecular weight is 525 g/mol. The number of allylic oxidation sites excluding steroid dienone is 2. The van der Waals surface area contributed by atoms with Gasteiger partial charge in [0.15, 0.2) is 6.29 Å². The van der Waals surface area contributed by atoms with Crippen LogP contribution in [0.5, 0.6) is 0 Å². The van der Waals surface area contributed by atoms with Crippen molar-refractivity contribution in [2.75, 3.05) is 30.0 Å². The first-order chi connectivity index (χ1) is 17.1. The lowest BCUT2D eigenvalue weighted by molar-refractivity contribution is -0.170. The minimum Gasteiger partial charge on any atom is -0.353 e. The molecule has 1 amide bonds. The number of ether oxygens (including phenoxy) is 2. The van der Waals surface area contributed by atoms with E-state index in [1.807, 2.05) is 13.8 Å². The summed E-state index contributed by atoms with van der Waals surface area (Å²) in [7, 11) is 0. The molecule has 1 N–H and O–H groups in total. The molecule has 2 saturated heterocycles. The average Bonchev–Trinajstić information content (AvgIpc) is 3.28. The van der Waals surface area contributed by atoms with Crippen molar-refractivity contribution in [3.05, 3.63) is 46.8 Å². The number of hydrogen-bond donors (Lipinski definition) is 1. The van der Waals surface area contributed by atoms with Gasteiger partial charge < -0.3 is 18.9 Å². The van der Waals surface area contributed by atoms with Crippen LogP contribution >= 0.6 is 11.6 Å². The van der Waals surface area contributed by atoms with E-state index in [9.17, 15) is 13.6 Å². The van der Waals surface area contributed by atoms with E-state index in [-0.39, 0.29) is 34.5 Å². The van der Waals surface area contributed by atoms with Gasteiger partial charge in [0.2, 0.25) is 11.8 Å². The summed E-state index contributed by atoms with van der Waals surface area (Å²) in [6.45, 7) is 7.08. The van der Waals surface area contributed by atoms with Gasteiger partial charge in [-0.2, -0.15) is 8.78 Å². The molecule has 4 heterocycles. The second-order valence-corrected chi connectivity index (χ2v) is 10.1. The molecule has 8 nitrogen and oxygen atoms in total. The third-order valence-corrected chi connectivity index (χ3v) is 6.67. The van der Waals surface area contributed by atoms with Crippen molar-refractivity contribution in [1.82, 2.24) is 10.1 Å². The number of anilines is 2. The molecular weight excluding hydrogens is 494 g/mol. The number of hydrogen-bond acceptors (Lipinski definition) is 7. The largest absolute Gasteiger partial charge is 0.353 e. The SMILES string of the molecule is CC=CC(F)(F)c1cnc(N2CCC2C(=O)Nc2cc(C(C)(C)COC3CCCCO3)no2)c(Cl)c1. The maximum atomic E-state index is 14.1. The Hall–Kier alpha value is -2.56. The summed E-state index contributed by atoms with van der Waals surface area (Å²) >= 11 is 6.27. The molecule has 4 rings (SSSR count). The first kappa shape index (κ1) is 26.5. The van der Waals surface area contributed by atoms with Gasteiger partial charge in [-0.15, -0.1) is 0 Å². The Bertz CT molecular complexity index is 1100. The van der Waals surface area contributed by atoms with Gasteiger partial charge in [0.1, 0.15) is 11.9 Å². The molecule has 2 aliphatic rings. The fraction of sp³-hybridized carbons (Fsp3) is 0.560. The van der Waals surface area contributed by atoms with Crippen LogP contribution in [0, 0.1) is 0 Å². The summed E-state index contributed by atoms with van der Waals surface area (Å²) in [5, 5.41) is 6.91. The fourth-order valence-corrected chi connectivity index (χ4v) is 4.39. The molecule has 2 atom stereocenters. The highest BCUT2D eigenvalue weighted by Gasteiger charge is 2.38.